The minimum absolute atomic E-state index is 0.928. The van der Waals surface area contributed by atoms with Gasteiger partial charge in [0.2, 0.25) is 0 Å². The Labute approximate surface area is 114 Å². The molecule has 0 aliphatic carbocycles. The van der Waals surface area contributed by atoms with Gasteiger partial charge < -0.3 is 10.1 Å². The van der Waals surface area contributed by atoms with Crippen molar-refractivity contribution in [2.45, 2.75) is 27.7 Å². The molecule has 4 heteroatoms. The molecular formula is C15H21N3O. The summed E-state index contributed by atoms with van der Waals surface area (Å²) >= 11 is 0. The minimum Gasteiger partial charge on any atom is -0.496 e. The monoisotopic (exact) mass is 259 g/mol. The first-order valence-corrected chi connectivity index (χ1v) is 6.39. The molecule has 4 nitrogen and oxygen atoms in total. The Bertz CT molecular complexity index is 614. The molecule has 2 aromatic rings. The highest BCUT2D eigenvalue weighted by atomic mass is 16.5. The molecule has 0 radical (unpaired) electrons. The van der Waals surface area contributed by atoms with Crippen molar-refractivity contribution in [3.8, 4) is 17.0 Å². The SMILES string of the molecule is CNc1c(-c2c(C)cc(OC)c(C)c2C)n[nH]c1C. The zero-order chi connectivity index (χ0) is 14.2. The number of aromatic amines is 1. The second-order valence-corrected chi connectivity index (χ2v) is 4.84. The molecule has 0 fully saturated rings. The van der Waals surface area contributed by atoms with Gasteiger partial charge in [-0.3, -0.25) is 5.10 Å². The Morgan fingerprint density at radius 1 is 1.16 bits per heavy atom. The first kappa shape index (κ1) is 13.5. The Morgan fingerprint density at radius 2 is 1.84 bits per heavy atom. The molecule has 0 unspecified atom stereocenters. The molecule has 19 heavy (non-hydrogen) atoms. The Kier molecular flexibility index (Phi) is 3.51. The topological polar surface area (TPSA) is 49.9 Å². The number of benzene rings is 1. The number of hydrogen-bond donors (Lipinski definition) is 2. The quantitative estimate of drug-likeness (QED) is 0.888. The van der Waals surface area contributed by atoms with Crippen LogP contribution in [0.5, 0.6) is 5.75 Å². The normalized spacial score (nSPS) is 10.6. The van der Waals surface area contributed by atoms with Crippen molar-refractivity contribution >= 4 is 5.69 Å². The number of aromatic nitrogens is 2. The molecule has 0 aliphatic heterocycles. The molecule has 0 saturated carbocycles. The van der Waals surface area contributed by atoms with Crippen LogP contribution >= 0.6 is 0 Å². The van der Waals surface area contributed by atoms with Gasteiger partial charge >= 0.3 is 0 Å². The van der Waals surface area contributed by atoms with E-state index < -0.39 is 0 Å². The maximum absolute atomic E-state index is 5.42. The van der Waals surface area contributed by atoms with Crippen LogP contribution in [0.3, 0.4) is 0 Å². The molecule has 0 amide bonds. The standard InChI is InChI=1S/C15H21N3O/c1-8-7-12(19-6)9(2)10(3)13(8)15-14(16-5)11(4)17-18-15/h7,16H,1-6H3,(H,17,18). The van der Waals surface area contributed by atoms with Gasteiger partial charge in [-0.25, -0.2) is 0 Å². The van der Waals surface area contributed by atoms with Crippen molar-refractivity contribution < 1.29 is 4.74 Å². The summed E-state index contributed by atoms with van der Waals surface area (Å²) in [6.07, 6.45) is 0. The second-order valence-electron chi connectivity index (χ2n) is 4.84. The van der Waals surface area contributed by atoms with E-state index in [1.54, 1.807) is 7.11 Å². The Balaban J connectivity index is 2.72. The van der Waals surface area contributed by atoms with E-state index >= 15 is 0 Å². The third kappa shape index (κ3) is 2.07. The van der Waals surface area contributed by atoms with Crippen molar-refractivity contribution in [1.29, 1.82) is 0 Å². The maximum Gasteiger partial charge on any atom is 0.122 e. The van der Waals surface area contributed by atoms with E-state index in [2.05, 4.69) is 42.4 Å². The van der Waals surface area contributed by atoms with Gasteiger partial charge in [-0.05, 0) is 50.5 Å². The fraction of sp³-hybridized carbons (Fsp3) is 0.400. The third-order valence-corrected chi connectivity index (χ3v) is 3.70. The van der Waals surface area contributed by atoms with E-state index in [-0.39, 0.29) is 0 Å². The number of H-pyrrole nitrogens is 1. The van der Waals surface area contributed by atoms with Crippen LogP contribution < -0.4 is 10.1 Å². The van der Waals surface area contributed by atoms with Gasteiger partial charge in [-0.15, -0.1) is 0 Å². The first-order chi connectivity index (χ1) is 9.01. The number of methoxy groups -OCH3 is 1. The van der Waals surface area contributed by atoms with Crippen LogP contribution in [0.25, 0.3) is 11.3 Å². The number of nitrogens with zero attached hydrogens (tertiary/aromatic N) is 1. The van der Waals surface area contributed by atoms with E-state index in [0.717, 1.165) is 28.4 Å². The van der Waals surface area contributed by atoms with E-state index in [1.165, 1.54) is 16.7 Å². The summed E-state index contributed by atoms with van der Waals surface area (Å²) in [6, 6.07) is 2.07. The molecule has 0 spiro atoms. The number of aryl methyl sites for hydroxylation is 2. The lowest BCUT2D eigenvalue weighted by Gasteiger charge is -2.15. The molecule has 1 aromatic carbocycles. The minimum atomic E-state index is 0.928. The van der Waals surface area contributed by atoms with Crippen LogP contribution in [0.15, 0.2) is 6.07 Å². The largest absolute Gasteiger partial charge is 0.496 e. The van der Waals surface area contributed by atoms with E-state index in [4.69, 9.17) is 4.74 Å². The molecule has 0 aliphatic rings. The highest BCUT2D eigenvalue weighted by Crippen LogP contribution is 2.37. The van der Waals surface area contributed by atoms with Crippen molar-refractivity contribution in [3.63, 3.8) is 0 Å². The van der Waals surface area contributed by atoms with Gasteiger partial charge in [0.05, 0.1) is 18.5 Å². The fourth-order valence-corrected chi connectivity index (χ4v) is 2.54. The first-order valence-electron chi connectivity index (χ1n) is 6.39. The highest BCUT2D eigenvalue weighted by molar-refractivity contribution is 5.81. The molecule has 0 bridgehead atoms. The van der Waals surface area contributed by atoms with Crippen molar-refractivity contribution in [2.24, 2.45) is 0 Å². The molecule has 0 saturated heterocycles. The summed E-state index contributed by atoms with van der Waals surface area (Å²) in [7, 11) is 3.63. The summed E-state index contributed by atoms with van der Waals surface area (Å²) in [5.41, 5.74) is 7.78. The van der Waals surface area contributed by atoms with Crippen LogP contribution in [-0.4, -0.2) is 24.4 Å². The average Bonchev–Trinajstić information content (AvgIpc) is 2.75. The van der Waals surface area contributed by atoms with Crippen molar-refractivity contribution in [3.05, 3.63) is 28.5 Å². The predicted octanol–water partition coefficient (Wildman–Crippen LogP) is 3.36. The van der Waals surface area contributed by atoms with Crippen LogP contribution in [0.1, 0.15) is 22.4 Å². The van der Waals surface area contributed by atoms with Gasteiger partial charge in [-0.2, -0.15) is 5.10 Å². The molecule has 0 atom stereocenters. The predicted molar refractivity (Wildman–Crippen MR) is 79.1 cm³/mol. The molecule has 102 valence electrons. The van der Waals surface area contributed by atoms with Gasteiger partial charge in [0.25, 0.3) is 0 Å². The number of anilines is 1. The number of hydrogen-bond acceptors (Lipinski definition) is 3. The van der Waals surface area contributed by atoms with Crippen LogP contribution in [0.4, 0.5) is 5.69 Å². The van der Waals surface area contributed by atoms with Crippen molar-refractivity contribution in [1.82, 2.24) is 10.2 Å². The van der Waals surface area contributed by atoms with Crippen LogP contribution in [-0.2, 0) is 0 Å². The van der Waals surface area contributed by atoms with Crippen molar-refractivity contribution in [2.75, 3.05) is 19.5 Å². The average molecular weight is 259 g/mol. The lowest BCUT2D eigenvalue weighted by Crippen LogP contribution is -1.99. The Morgan fingerprint density at radius 3 is 2.42 bits per heavy atom. The molecular weight excluding hydrogens is 238 g/mol. The lowest BCUT2D eigenvalue weighted by molar-refractivity contribution is 0.411. The van der Waals surface area contributed by atoms with E-state index in [1.807, 2.05) is 14.0 Å². The summed E-state index contributed by atoms with van der Waals surface area (Å²) in [6.45, 7) is 8.30. The molecule has 2 rings (SSSR count). The number of nitrogens with one attached hydrogen (secondary N) is 2. The molecule has 2 N–H and O–H groups in total. The summed E-state index contributed by atoms with van der Waals surface area (Å²) in [5.74, 6) is 0.928. The zero-order valence-electron chi connectivity index (χ0n) is 12.4. The second kappa shape index (κ2) is 4.96. The number of ether oxygens (including phenoxy) is 1. The van der Waals surface area contributed by atoms with Gasteiger partial charge in [0.15, 0.2) is 0 Å². The third-order valence-electron chi connectivity index (χ3n) is 3.70. The fourth-order valence-electron chi connectivity index (χ4n) is 2.54. The van der Waals surface area contributed by atoms with Gasteiger partial charge in [0, 0.05) is 12.6 Å². The molecule has 1 heterocycles. The van der Waals surface area contributed by atoms with E-state index in [0.29, 0.717) is 0 Å². The summed E-state index contributed by atoms with van der Waals surface area (Å²) in [4.78, 5) is 0. The van der Waals surface area contributed by atoms with Gasteiger partial charge in [0.1, 0.15) is 11.4 Å². The summed E-state index contributed by atoms with van der Waals surface area (Å²) < 4.78 is 5.42. The highest BCUT2D eigenvalue weighted by Gasteiger charge is 2.18. The maximum atomic E-state index is 5.42. The van der Waals surface area contributed by atoms with Gasteiger partial charge in [-0.1, -0.05) is 0 Å². The Hall–Kier alpha value is -1.97. The lowest BCUT2D eigenvalue weighted by atomic mass is 9.94. The van der Waals surface area contributed by atoms with E-state index in [9.17, 15) is 0 Å². The van der Waals surface area contributed by atoms with Crippen LogP contribution in [0.2, 0.25) is 0 Å². The summed E-state index contributed by atoms with van der Waals surface area (Å²) in [5, 5.41) is 10.7. The molecule has 1 aromatic heterocycles. The van der Waals surface area contributed by atoms with Crippen LogP contribution in [0, 0.1) is 27.7 Å². The zero-order valence-corrected chi connectivity index (χ0v) is 12.4. The smallest absolute Gasteiger partial charge is 0.122 e. The number of rotatable bonds is 3.